The second-order valence-corrected chi connectivity index (χ2v) is 6.09. The van der Waals surface area contributed by atoms with E-state index in [4.69, 9.17) is 5.11 Å². The van der Waals surface area contributed by atoms with Crippen molar-refractivity contribution in [3.8, 4) is 0 Å². The molecule has 19 heavy (non-hydrogen) atoms. The largest absolute Gasteiger partial charge is 0.480 e. The molecule has 0 bridgehead atoms. The van der Waals surface area contributed by atoms with Crippen LogP contribution in [0.15, 0.2) is 0 Å². The highest BCUT2D eigenvalue weighted by atomic mass is 16.4. The highest BCUT2D eigenvalue weighted by Gasteiger charge is 2.27. The van der Waals surface area contributed by atoms with Crippen molar-refractivity contribution in [3.05, 3.63) is 0 Å². The first-order chi connectivity index (χ1) is 8.91. The Kier molecular flexibility index (Phi) is 6.32. The molecule has 1 rings (SSSR count). The summed E-state index contributed by atoms with van der Waals surface area (Å²) in [6.07, 6.45) is 7.21. The summed E-state index contributed by atoms with van der Waals surface area (Å²) in [6.45, 7) is 5.49. The molecule has 1 aliphatic rings. The van der Waals surface area contributed by atoms with Crippen LogP contribution < -0.4 is 0 Å². The van der Waals surface area contributed by atoms with Crippen molar-refractivity contribution in [2.45, 2.75) is 65.3 Å². The zero-order valence-corrected chi connectivity index (χ0v) is 12.4. The Morgan fingerprint density at radius 1 is 1.16 bits per heavy atom. The molecule has 110 valence electrons. The van der Waals surface area contributed by atoms with Crippen LogP contribution in [0.3, 0.4) is 0 Å². The first kappa shape index (κ1) is 16.0. The van der Waals surface area contributed by atoms with Crippen molar-refractivity contribution < 1.29 is 14.7 Å². The van der Waals surface area contributed by atoms with Gasteiger partial charge in [0.15, 0.2) is 0 Å². The van der Waals surface area contributed by atoms with E-state index in [0.717, 1.165) is 6.42 Å². The Hall–Kier alpha value is -1.06. The van der Waals surface area contributed by atoms with Gasteiger partial charge in [-0.3, -0.25) is 9.59 Å². The van der Waals surface area contributed by atoms with E-state index in [2.05, 4.69) is 0 Å². The SMILES string of the molecule is CC(CC1CCCCC1)C(=O)N(CC(=O)O)C(C)C. The molecule has 1 unspecified atom stereocenters. The van der Waals surface area contributed by atoms with Crippen molar-refractivity contribution in [2.24, 2.45) is 11.8 Å². The minimum absolute atomic E-state index is 0.0111. The van der Waals surface area contributed by atoms with E-state index >= 15 is 0 Å². The van der Waals surface area contributed by atoms with E-state index < -0.39 is 5.97 Å². The molecule has 4 heteroatoms. The monoisotopic (exact) mass is 269 g/mol. The fraction of sp³-hybridized carbons (Fsp3) is 0.867. The van der Waals surface area contributed by atoms with Crippen LogP contribution in [0.5, 0.6) is 0 Å². The summed E-state index contributed by atoms with van der Waals surface area (Å²) in [5, 5.41) is 8.89. The summed E-state index contributed by atoms with van der Waals surface area (Å²) in [5.41, 5.74) is 0. The molecule has 0 aliphatic heterocycles. The number of carboxylic acid groups (broad SMARTS) is 1. The molecule has 1 N–H and O–H groups in total. The van der Waals surface area contributed by atoms with Gasteiger partial charge < -0.3 is 10.0 Å². The lowest BCUT2D eigenvalue weighted by molar-refractivity contribution is -0.147. The fourth-order valence-corrected chi connectivity index (χ4v) is 2.97. The van der Waals surface area contributed by atoms with Crippen LogP contribution in [0.1, 0.15) is 59.3 Å². The molecule has 0 aromatic rings. The minimum atomic E-state index is -0.938. The number of amides is 1. The van der Waals surface area contributed by atoms with E-state index in [-0.39, 0.29) is 24.4 Å². The second-order valence-electron chi connectivity index (χ2n) is 6.09. The summed E-state index contributed by atoms with van der Waals surface area (Å²) in [7, 11) is 0. The van der Waals surface area contributed by atoms with Crippen molar-refractivity contribution in [3.63, 3.8) is 0 Å². The predicted molar refractivity (Wildman–Crippen MR) is 74.8 cm³/mol. The third-order valence-electron chi connectivity index (χ3n) is 4.05. The smallest absolute Gasteiger partial charge is 0.323 e. The molecule has 0 saturated heterocycles. The van der Waals surface area contributed by atoms with Gasteiger partial charge >= 0.3 is 5.97 Å². The molecule has 1 amide bonds. The van der Waals surface area contributed by atoms with E-state index in [1.54, 1.807) is 0 Å². The maximum Gasteiger partial charge on any atom is 0.323 e. The van der Waals surface area contributed by atoms with Gasteiger partial charge in [0.2, 0.25) is 5.91 Å². The first-order valence-electron chi connectivity index (χ1n) is 7.44. The van der Waals surface area contributed by atoms with Gasteiger partial charge in [0.1, 0.15) is 6.54 Å². The maximum absolute atomic E-state index is 12.4. The lowest BCUT2D eigenvalue weighted by Crippen LogP contribution is -2.43. The number of hydrogen-bond acceptors (Lipinski definition) is 2. The molecule has 1 aliphatic carbocycles. The molecule has 1 saturated carbocycles. The highest BCUT2D eigenvalue weighted by Crippen LogP contribution is 2.29. The summed E-state index contributed by atoms with van der Waals surface area (Å²) in [4.78, 5) is 24.7. The topological polar surface area (TPSA) is 57.6 Å². The highest BCUT2D eigenvalue weighted by molar-refractivity contribution is 5.83. The molecule has 0 radical (unpaired) electrons. The van der Waals surface area contributed by atoms with Crippen LogP contribution in [0.4, 0.5) is 0 Å². The summed E-state index contributed by atoms with van der Waals surface area (Å²) in [5.74, 6) is -0.369. The average molecular weight is 269 g/mol. The quantitative estimate of drug-likeness (QED) is 0.806. The third kappa shape index (κ3) is 5.21. The third-order valence-corrected chi connectivity index (χ3v) is 4.05. The Balaban J connectivity index is 2.54. The number of carbonyl (C=O) groups excluding carboxylic acids is 1. The Morgan fingerprint density at radius 3 is 2.21 bits per heavy atom. The van der Waals surface area contributed by atoms with Crippen molar-refractivity contribution in [1.82, 2.24) is 4.90 Å². The average Bonchev–Trinajstić information content (AvgIpc) is 2.35. The number of carbonyl (C=O) groups is 2. The normalized spacial score (nSPS) is 18.3. The summed E-state index contributed by atoms with van der Waals surface area (Å²) < 4.78 is 0. The van der Waals surface area contributed by atoms with Crippen LogP contribution in [-0.4, -0.2) is 34.5 Å². The van der Waals surface area contributed by atoms with E-state index in [0.29, 0.717) is 5.92 Å². The molecular weight excluding hydrogens is 242 g/mol. The first-order valence-corrected chi connectivity index (χ1v) is 7.44. The van der Waals surface area contributed by atoms with Crippen molar-refractivity contribution in [2.75, 3.05) is 6.54 Å². The van der Waals surface area contributed by atoms with Crippen LogP contribution in [0, 0.1) is 11.8 Å². The zero-order chi connectivity index (χ0) is 14.4. The van der Waals surface area contributed by atoms with Crippen LogP contribution in [0.25, 0.3) is 0 Å². The minimum Gasteiger partial charge on any atom is -0.480 e. The summed E-state index contributed by atoms with van der Waals surface area (Å²) >= 11 is 0. The standard InChI is InChI=1S/C15H27NO3/c1-11(2)16(10-14(17)18)15(19)12(3)9-13-7-5-4-6-8-13/h11-13H,4-10H2,1-3H3,(H,17,18). The second kappa shape index (κ2) is 7.51. The van der Waals surface area contributed by atoms with Crippen LogP contribution in [-0.2, 0) is 9.59 Å². The number of aliphatic carboxylic acids is 1. The Morgan fingerprint density at radius 2 is 1.74 bits per heavy atom. The van der Waals surface area contributed by atoms with Gasteiger partial charge in [-0.25, -0.2) is 0 Å². The Labute approximate surface area is 116 Å². The van der Waals surface area contributed by atoms with Crippen molar-refractivity contribution >= 4 is 11.9 Å². The van der Waals surface area contributed by atoms with E-state index in [1.807, 2.05) is 20.8 Å². The molecule has 0 aromatic carbocycles. The molecule has 0 aromatic heterocycles. The van der Waals surface area contributed by atoms with Crippen molar-refractivity contribution in [1.29, 1.82) is 0 Å². The lowest BCUT2D eigenvalue weighted by Gasteiger charge is -2.30. The number of carboxylic acids is 1. The zero-order valence-electron chi connectivity index (χ0n) is 12.4. The predicted octanol–water partition coefficient (Wildman–Crippen LogP) is 2.91. The molecule has 0 heterocycles. The summed E-state index contributed by atoms with van der Waals surface area (Å²) in [6, 6.07) is -0.0580. The molecule has 0 spiro atoms. The molecule has 1 atom stereocenters. The van der Waals surface area contributed by atoms with Gasteiger partial charge in [-0.2, -0.15) is 0 Å². The number of hydrogen-bond donors (Lipinski definition) is 1. The Bertz CT molecular complexity index is 309. The van der Waals surface area contributed by atoms with E-state index in [1.165, 1.54) is 37.0 Å². The van der Waals surface area contributed by atoms with Gasteiger partial charge in [0, 0.05) is 12.0 Å². The van der Waals surface area contributed by atoms with Crippen LogP contribution >= 0.6 is 0 Å². The number of nitrogens with zero attached hydrogens (tertiary/aromatic N) is 1. The van der Waals surface area contributed by atoms with Gasteiger partial charge in [-0.1, -0.05) is 39.0 Å². The fourth-order valence-electron chi connectivity index (χ4n) is 2.97. The maximum atomic E-state index is 12.4. The molecular formula is C15H27NO3. The van der Waals surface area contributed by atoms with Gasteiger partial charge in [-0.15, -0.1) is 0 Å². The van der Waals surface area contributed by atoms with Crippen LogP contribution in [0.2, 0.25) is 0 Å². The molecule has 1 fully saturated rings. The molecule has 4 nitrogen and oxygen atoms in total. The van der Waals surface area contributed by atoms with Gasteiger partial charge in [0.25, 0.3) is 0 Å². The van der Waals surface area contributed by atoms with Gasteiger partial charge in [0.05, 0.1) is 0 Å². The number of rotatable bonds is 6. The van der Waals surface area contributed by atoms with E-state index in [9.17, 15) is 9.59 Å². The lowest BCUT2D eigenvalue weighted by atomic mass is 9.83. The van der Waals surface area contributed by atoms with Gasteiger partial charge in [-0.05, 0) is 26.2 Å².